The molecule has 86 valence electrons. The van der Waals surface area contributed by atoms with Crippen molar-refractivity contribution in [2.45, 2.75) is 65.6 Å². The van der Waals surface area contributed by atoms with Gasteiger partial charge in [0.05, 0.1) is 5.60 Å². The van der Waals surface area contributed by atoms with E-state index < -0.39 is 0 Å². The van der Waals surface area contributed by atoms with Crippen LogP contribution in [0.25, 0.3) is 0 Å². The van der Waals surface area contributed by atoms with Crippen LogP contribution in [0.15, 0.2) is 0 Å². The third kappa shape index (κ3) is 5.61. The van der Waals surface area contributed by atoms with Crippen LogP contribution in [0.4, 0.5) is 0 Å². The fourth-order valence-electron chi connectivity index (χ4n) is 1.52. The first kappa shape index (κ1) is 13.9. The van der Waals surface area contributed by atoms with Gasteiger partial charge < -0.3 is 10.1 Å². The van der Waals surface area contributed by atoms with Gasteiger partial charge in [0, 0.05) is 19.2 Å². The average molecular weight is 201 g/mol. The number of hydrogen-bond acceptors (Lipinski definition) is 2. The highest BCUT2D eigenvalue weighted by molar-refractivity contribution is 4.78. The summed E-state index contributed by atoms with van der Waals surface area (Å²) in [7, 11) is 1.78. The van der Waals surface area contributed by atoms with Crippen molar-refractivity contribution in [3.63, 3.8) is 0 Å². The van der Waals surface area contributed by atoms with Crippen LogP contribution >= 0.6 is 0 Å². The van der Waals surface area contributed by atoms with Gasteiger partial charge in [-0.1, -0.05) is 13.8 Å². The average Bonchev–Trinajstić information content (AvgIpc) is 2.02. The number of rotatable bonds is 6. The van der Waals surface area contributed by atoms with Gasteiger partial charge in [0.15, 0.2) is 0 Å². The van der Waals surface area contributed by atoms with Crippen molar-refractivity contribution in [1.29, 1.82) is 0 Å². The van der Waals surface area contributed by atoms with E-state index >= 15 is 0 Å². The smallest absolute Gasteiger partial charge is 0.0637 e. The Bertz CT molecular complexity index is 154. The quantitative estimate of drug-likeness (QED) is 0.713. The lowest BCUT2D eigenvalue weighted by Gasteiger charge is -2.30. The molecule has 0 aromatic carbocycles. The molecule has 0 bridgehead atoms. The minimum Gasteiger partial charge on any atom is -0.379 e. The van der Waals surface area contributed by atoms with Crippen LogP contribution in [0.2, 0.25) is 0 Å². The van der Waals surface area contributed by atoms with E-state index in [-0.39, 0.29) is 5.60 Å². The SMILES string of the molecule is COC(C)(C)C[C@@H](C)N[C@@H](C)C(C)C. The summed E-state index contributed by atoms with van der Waals surface area (Å²) >= 11 is 0. The lowest BCUT2D eigenvalue weighted by molar-refractivity contribution is 0.00741. The molecule has 0 aromatic rings. The highest BCUT2D eigenvalue weighted by atomic mass is 16.5. The van der Waals surface area contributed by atoms with Gasteiger partial charge in [-0.25, -0.2) is 0 Å². The normalized spacial score (nSPS) is 17.1. The zero-order chi connectivity index (χ0) is 11.4. The Hall–Kier alpha value is -0.0800. The third-order valence-electron chi connectivity index (χ3n) is 2.90. The molecule has 14 heavy (non-hydrogen) atoms. The Labute approximate surface area is 89.4 Å². The lowest BCUT2D eigenvalue weighted by Crippen LogP contribution is -2.42. The summed E-state index contributed by atoms with van der Waals surface area (Å²) in [6.45, 7) is 13.2. The third-order valence-corrected chi connectivity index (χ3v) is 2.90. The zero-order valence-corrected chi connectivity index (χ0v) is 10.8. The van der Waals surface area contributed by atoms with E-state index in [1.165, 1.54) is 0 Å². The molecule has 0 fully saturated rings. The van der Waals surface area contributed by atoms with E-state index in [4.69, 9.17) is 4.74 Å². The predicted molar refractivity (Wildman–Crippen MR) is 62.6 cm³/mol. The maximum Gasteiger partial charge on any atom is 0.0637 e. The van der Waals surface area contributed by atoms with E-state index in [1.807, 2.05) is 0 Å². The molecule has 0 heterocycles. The molecule has 0 amide bonds. The van der Waals surface area contributed by atoms with Crippen LogP contribution < -0.4 is 5.32 Å². The highest BCUT2D eigenvalue weighted by Gasteiger charge is 2.21. The fourth-order valence-corrected chi connectivity index (χ4v) is 1.52. The summed E-state index contributed by atoms with van der Waals surface area (Å²) in [4.78, 5) is 0. The molecule has 0 aliphatic heterocycles. The molecule has 0 aliphatic rings. The summed E-state index contributed by atoms with van der Waals surface area (Å²) in [6, 6.07) is 1.07. The van der Waals surface area contributed by atoms with Crippen molar-refractivity contribution in [1.82, 2.24) is 5.32 Å². The van der Waals surface area contributed by atoms with Crippen LogP contribution in [0.1, 0.15) is 48.0 Å². The minimum atomic E-state index is -0.0247. The predicted octanol–water partition coefficient (Wildman–Crippen LogP) is 2.82. The van der Waals surface area contributed by atoms with Crippen molar-refractivity contribution in [3.8, 4) is 0 Å². The van der Waals surface area contributed by atoms with Gasteiger partial charge in [-0.2, -0.15) is 0 Å². The fraction of sp³-hybridized carbons (Fsp3) is 1.00. The largest absolute Gasteiger partial charge is 0.379 e. The monoisotopic (exact) mass is 201 g/mol. The minimum absolute atomic E-state index is 0.0247. The molecule has 0 aromatic heterocycles. The van der Waals surface area contributed by atoms with Crippen molar-refractivity contribution < 1.29 is 4.74 Å². The Kier molecular flexibility index (Phi) is 5.68. The number of ether oxygens (including phenoxy) is 1. The Morgan fingerprint density at radius 3 is 2.00 bits per heavy atom. The summed E-state index contributed by atoms with van der Waals surface area (Å²) in [5, 5.41) is 3.59. The van der Waals surface area contributed by atoms with Crippen molar-refractivity contribution in [2.24, 2.45) is 5.92 Å². The van der Waals surface area contributed by atoms with Crippen LogP contribution in [0.5, 0.6) is 0 Å². The molecule has 0 aliphatic carbocycles. The standard InChI is InChI=1S/C12H27NO/c1-9(2)11(4)13-10(3)8-12(5,6)14-7/h9-11,13H,8H2,1-7H3/t10-,11+/m1/s1. The van der Waals surface area contributed by atoms with Gasteiger partial charge >= 0.3 is 0 Å². The molecule has 1 N–H and O–H groups in total. The summed E-state index contributed by atoms with van der Waals surface area (Å²) < 4.78 is 5.41. The van der Waals surface area contributed by atoms with Crippen LogP contribution in [-0.4, -0.2) is 24.8 Å². The molecule has 2 heteroatoms. The number of hydrogen-bond donors (Lipinski definition) is 1. The molecule has 0 saturated heterocycles. The summed E-state index contributed by atoms with van der Waals surface area (Å²) in [5.41, 5.74) is -0.0247. The second-order valence-corrected chi connectivity index (χ2v) is 5.27. The van der Waals surface area contributed by atoms with Gasteiger partial charge in [0.1, 0.15) is 0 Å². The Morgan fingerprint density at radius 1 is 1.14 bits per heavy atom. The van der Waals surface area contributed by atoms with Gasteiger partial charge in [-0.05, 0) is 40.0 Å². The number of nitrogens with one attached hydrogen (secondary N) is 1. The molecule has 0 rings (SSSR count). The van der Waals surface area contributed by atoms with Gasteiger partial charge in [0.25, 0.3) is 0 Å². The van der Waals surface area contributed by atoms with Crippen molar-refractivity contribution in [3.05, 3.63) is 0 Å². The molecule has 0 spiro atoms. The second kappa shape index (κ2) is 5.72. The molecule has 0 unspecified atom stereocenters. The van der Waals surface area contributed by atoms with Gasteiger partial charge in [-0.3, -0.25) is 0 Å². The first-order valence-corrected chi connectivity index (χ1v) is 5.59. The Balaban J connectivity index is 3.92. The summed E-state index contributed by atoms with van der Waals surface area (Å²) in [5.74, 6) is 0.683. The molecule has 2 nitrogen and oxygen atoms in total. The van der Waals surface area contributed by atoms with Gasteiger partial charge in [0.2, 0.25) is 0 Å². The molecular formula is C12H27NO. The maximum atomic E-state index is 5.41. The van der Waals surface area contributed by atoms with E-state index in [0.29, 0.717) is 18.0 Å². The highest BCUT2D eigenvalue weighted by Crippen LogP contribution is 2.16. The van der Waals surface area contributed by atoms with Crippen molar-refractivity contribution in [2.75, 3.05) is 7.11 Å². The Morgan fingerprint density at radius 2 is 1.64 bits per heavy atom. The zero-order valence-electron chi connectivity index (χ0n) is 10.8. The van der Waals surface area contributed by atoms with Crippen LogP contribution in [-0.2, 0) is 4.74 Å². The lowest BCUT2D eigenvalue weighted by atomic mass is 9.98. The number of methoxy groups -OCH3 is 1. The van der Waals surface area contributed by atoms with Crippen molar-refractivity contribution >= 4 is 0 Å². The van der Waals surface area contributed by atoms with E-state index in [1.54, 1.807) is 7.11 Å². The molecule has 0 saturated carbocycles. The molecule has 2 atom stereocenters. The molecular weight excluding hydrogens is 174 g/mol. The second-order valence-electron chi connectivity index (χ2n) is 5.27. The summed E-state index contributed by atoms with van der Waals surface area (Å²) in [6.07, 6.45) is 1.04. The van der Waals surface area contributed by atoms with Gasteiger partial charge in [-0.15, -0.1) is 0 Å². The van der Waals surface area contributed by atoms with E-state index in [2.05, 4.69) is 46.9 Å². The van der Waals surface area contributed by atoms with E-state index in [9.17, 15) is 0 Å². The maximum absolute atomic E-state index is 5.41. The first-order valence-electron chi connectivity index (χ1n) is 5.59. The topological polar surface area (TPSA) is 21.3 Å². The van der Waals surface area contributed by atoms with Crippen LogP contribution in [0, 0.1) is 5.92 Å². The first-order chi connectivity index (χ1) is 6.28. The van der Waals surface area contributed by atoms with Crippen LogP contribution in [0.3, 0.4) is 0 Å². The van der Waals surface area contributed by atoms with E-state index in [0.717, 1.165) is 6.42 Å². The molecule has 0 radical (unpaired) electrons.